The first-order valence-electron chi connectivity index (χ1n) is 8.10. The lowest BCUT2D eigenvalue weighted by atomic mass is 9.85. The summed E-state index contributed by atoms with van der Waals surface area (Å²) in [5, 5.41) is 12.3. The number of rotatable bonds is 5. The van der Waals surface area contributed by atoms with Crippen molar-refractivity contribution >= 4 is 12.1 Å². The lowest BCUT2D eigenvalue weighted by Gasteiger charge is -2.27. The monoisotopic (exact) mass is 341 g/mol. The molecule has 0 spiro atoms. The van der Waals surface area contributed by atoms with Crippen LogP contribution >= 0.6 is 0 Å². The Balaban J connectivity index is 2.38. The van der Waals surface area contributed by atoms with Gasteiger partial charge in [-0.25, -0.2) is 9.59 Å². The van der Waals surface area contributed by atoms with Crippen molar-refractivity contribution < 1.29 is 19.4 Å². The van der Waals surface area contributed by atoms with E-state index >= 15 is 0 Å². The smallest absolute Gasteiger partial charge is 0.408 e. The number of carbonyl (C=O) groups excluding carboxylic acids is 1. The van der Waals surface area contributed by atoms with Crippen LogP contribution in [0.2, 0.25) is 0 Å². The van der Waals surface area contributed by atoms with Crippen LogP contribution in [-0.2, 0) is 9.53 Å². The fourth-order valence-corrected chi connectivity index (χ4v) is 2.62. The van der Waals surface area contributed by atoms with Crippen molar-refractivity contribution in [2.75, 3.05) is 0 Å². The molecule has 0 aliphatic rings. The Kier molecular flexibility index (Phi) is 5.80. The number of nitrogens with one attached hydrogen (secondary N) is 1. The second-order valence-corrected chi connectivity index (χ2v) is 6.76. The zero-order valence-corrected chi connectivity index (χ0v) is 14.6. The average Bonchev–Trinajstić information content (AvgIpc) is 2.54. The van der Waals surface area contributed by atoms with Crippen molar-refractivity contribution in [1.82, 2.24) is 5.32 Å². The normalized spacial score (nSPS) is 12.5. The molecule has 1 amide bonds. The van der Waals surface area contributed by atoms with E-state index in [2.05, 4.69) is 5.32 Å². The average molecular weight is 341 g/mol. The SMILES string of the molecule is CC(C)(C)OC(=O)NC(C(=O)O)C(c1ccccc1)c1ccccc1. The van der Waals surface area contributed by atoms with E-state index in [-0.39, 0.29) is 0 Å². The second kappa shape index (κ2) is 7.83. The van der Waals surface area contributed by atoms with Crippen LogP contribution in [0.3, 0.4) is 0 Å². The fraction of sp³-hybridized carbons (Fsp3) is 0.300. The lowest BCUT2D eigenvalue weighted by molar-refractivity contribution is -0.139. The van der Waals surface area contributed by atoms with E-state index in [9.17, 15) is 14.7 Å². The van der Waals surface area contributed by atoms with E-state index in [1.807, 2.05) is 60.7 Å². The molecule has 0 saturated carbocycles. The van der Waals surface area contributed by atoms with E-state index in [4.69, 9.17) is 4.74 Å². The quantitative estimate of drug-likeness (QED) is 0.867. The lowest BCUT2D eigenvalue weighted by Crippen LogP contribution is -2.47. The Morgan fingerprint density at radius 2 is 1.36 bits per heavy atom. The third-order valence-electron chi connectivity index (χ3n) is 3.59. The van der Waals surface area contributed by atoms with Crippen LogP contribution in [0, 0.1) is 0 Å². The minimum absolute atomic E-state index is 0.535. The van der Waals surface area contributed by atoms with Crippen LogP contribution in [0.15, 0.2) is 60.7 Å². The molecule has 25 heavy (non-hydrogen) atoms. The number of amides is 1. The maximum absolute atomic E-state index is 12.1. The second-order valence-electron chi connectivity index (χ2n) is 6.76. The standard InChI is InChI=1S/C20H23NO4/c1-20(2,3)25-19(24)21-17(18(22)23)16(14-10-6-4-7-11-14)15-12-8-5-9-13-15/h4-13,16-17H,1-3H3,(H,21,24)(H,22,23). The zero-order valence-electron chi connectivity index (χ0n) is 14.6. The molecule has 1 atom stereocenters. The van der Waals surface area contributed by atoms with Crippen LogP contribution < -0.4 is 5.32 Å². The van der Waals surface area contributed by atoms with Crippen LogP contribution in [-0.4, -0.2) is 28.8 Å². The number of hydrogen-bond donors (Lipinski definition) is 2. The molecule has 2 aromatic rings. The largest absolute Gasteiger partial charge is 0.480 e. The highest BCUT2D eigenvalue weighted by Crippen LogP contribution is 2.28. The van der Waals surface area contributed by atoms with Crippen LogP contribution in [0.5, 0.6) is 0 Å². The van der Waals surface area contributed by atoms with Crippen molar-refractivity contribution in [3.63, 3.8) is 0 Å². The highest BCUT2D eigenvalue weighted by atomic mass is 16.6. The van der Waals surface area contributed by atoms with Gasteiger partial charge in [0.15, 0.2) is 0 Å². The summed E-state index contributed by atoms with van der Waals surface area (Å²) >= 11 is 0. The molecule has 5 nitrogen and oxygen atoms in total. The molecule has 0 saturated heterocycles. The minimum atomic E-state index is -1.15. The molecule has 0 aliphatic heterocycles. The third kappa shape index (κ3) is 5.35. The van der Waals surface area contributed by atoms with E-state index in [0.29, 0.717) is 0 Å². The van der Waals surface area contributed by atoms with Gasteiger partial charge in [0.1, 0.15) is 11.6 Å². The first kappa shape index (κ1) is 18.5. The number of carboxylic acids is 1. The van der Waals surface area contributed by atoms with Gasteiger partial charge in [0.05, 0.1) is 0 Å². The summed E-state index contributed by atoms with van der Waals surface area (Å²) in [4.78, 5) is 24.1. The molecule has 2 aromatic carbocycles. The highest BCUT2D eigenvalue weighted by Gasteiger charge is 2.33. The maximum atomic E-state index is 12.1. The summed E-state index contributed by atoms with van der Waals surface area (Å²) in [7, 11) is 0. The predicted octanol–water partition coefficient (Wildman–Crippen LogP) is 3.80. The molecular formula is C20H23NO4. The molecule has 2 N–H and O–H groups in total. The Morgan fingerprint density at radius 1 is 0.920 bits per heavy atom. The molecule has 1 unspecified atom stereocenters. The van der Waals surface area contributed by atoms with Crippen molar-refractivity contribution in [2.45, 2.75) is 38.3 Å². The maximum Gasteiger partial charge on any atom is 0.408 e. The summed E-state index contributed by atoms with van der Waals surface area (Å²) < 4.78 is 5.23. The van der Waals surface area contributed by atoms with Gasteiger partial charge in [-0.2, -0.15) is 0 Å². The summed E-state index contributed by atoms with van der Waals surface area (Å²) in [6.45, 7) is 5.19. The van der Waals surface area contributed by atoms with Gasteiger partial charge >= 0.3 is 12.1 Å². The number of ether oxygens (including phenoxy) is 1. The van der Waals surface area contributed by atoms with Gasteiger partial charge in [0, 0.05) is 5.92 Å². The highest BCUT2D eigenvalue weighted by molar-refractivity contribution is 5.82. The first-order valence-corrected chi connectivity index (χ1v) is 8.10. The molecule has 5 heteroatoms. The van der Waals surface area contributed by atoms with Crippen molar-refractivity contribution in [3.8, 4) is 0 Å². The van der Waals surface area contributed by atoms with Gasteiger partial charge < -0.3 is 15.2 Å². The zero-order chi connectivity index (χ0) is 18.4. The fourth-order valence-electron chi connectivity index (χ4n) is 2.62. The number of hydrogen-bond acceptors (Lipinski definition) is 3. The molecule has 0 fully saturated rings. The molecule has 0 radical (unpaired) electrons. The summed E-state index contributed by atoms with van der Waals surface area (Å²) in [6.07, 6.45) is -0.753. The van der Waals surface area contributed by atoms with Gasteiger partial charge in [-0.3, -0.25) is 0 Å². The Hall–Kier alpha value is -2.82. The van der Waals surface area contributed by atoms with E-state index in [1.54, 1.807) is 20.8 Å². The molecular weight excluding hydrogens is 318 g/mol. The Morgan fingerprint density at radius 3 is 1.72 bits per heavy atom. The summed E-state index contributed by atoms with van der Waals surface area (Å²) in [5.41, 5.74) is 0.900. The van der Waals surface area contributed by atoms with E-state index < -0.39 is 29.6 Å². The Labute approximate surface area is 147 Å². The summed E-state index contributed by atoms with van der Waals surface area (Å²) in [5.74, 6) is -1.66. The Bertz CT molecular complexity index is 668. The number of aliphatic carboxylic acids is 1. The molecule has 2 rings (SSSR count). The van der Waals surface area contributed by atoms with Gasteiger partial charge in [-0.15, -0.1) is 0 Å². The van der Waals surface area contributed by atoms with Gasteiger partial charge in [-0.05, 0) is 31.9 Å². The van der Waals surface area contributed by atoms with Gasteiger partial charge in [-0.1, -0.05) is 60.7 Å². The van der Waals surface area contributed by atoms with Crippen LogP contribution in [0.25, 0.3) is 0 Å². The minimum Gasteiger partial charge on any atom is -0.480 e. The molecule has 0 aliphatic carbocycles. The van der Waals surface area contributed by atoms with Gasteiger partial charge in [0.25, 0.3) is 0 Å². The van der Waals surface area contributed by atoms with E-state index in [0.717, 1.165) is 11.1 Å². The summed E-state index contributed by atoms with van der Waals surface area (Å²) in [6, 6.07) is 17.4. The molecule has 0 heterocycles. The number of alkyl carbamates (subject to hydrolysis) is 1. The van der Waals surface area contributed by atoms with Crippen LogP contribution in [0.4, 0.5) is 4.79 Å². The number of carbonyl (C=O) groups is 2. The number of benzene rings is 2. The first-order chi connectivity index (χ1) is 11.8. The van der Waals surface area contributed by atoms with Gasteiger partial charge in [0.2, 0.25) is 0 Å². The topological polar surface area (TPSA) is 75.6 Å². The molecule has 0 aromatic heterocycles. The van der Waals surface area contributed by atoms with Crippen molar-refractivity contribution in [1.29, 1.82) is 0 Å². The number of carboxylic acid groups (broad SMARTS) is 1. The molecule has 132 valence electrons. The predicted molar refractivity (Wildman–Crippen MR) is 95.5 cm³/mol. The molecule has 0 bridgehead atoms. The van der Waals surface area contributed by atoms with Crippen molar-refractivity contribution in [3.05, 3.63) is 71.8 Å². The third-order valence-corrected chi connectivity index (χ3v) is 3.59. The van der Waals surface area contributed by atoms with Crippen molar-refractivity contribution in [2.24, 2.45) is 0 Å². The van der Waals surface area contributed by atoms with Crippen LogP contribution in [0.1, 0.15) is 37.8 Å². The van der Waals surface area contributed by atoms with E-state index in [1.165, 1.54) is 0 Å².